The van der Waals surface area contributed by atoms with Crippen LogP contribution in [0.2, 0.25) is 0 Å². The van der Waals surface area contributed by atoms with Gasteiger partial charge >= 0.3 is 5.69 Å². The van der Waals surface area contributed by atoms with Gasteiger partial charge in [0.1, 0.15) is 6.07 Å². The molecule has 0 radical (unpaired) electrons. The van der Waals surface area contributed by atoms with E-state index in [1.807, 2.05) is 0 Å². The van der Waals surface area contributed by atoms with Gasteiger partial charge in [-0.15, -0.1) is 11.6 Å². The van der Waals surface area contributed by atoms with E-state index in [2.05, 4.69) is 4.98 Å². The molecule has 1 aromatic rings. The van der Waals surface area contributed by atoms with Crippen LogP contribution in [0.4, 0.5) is 5.69 Å². The first-order valence-electron chi connectivity index (χ1n) is 3.92. The predicted octanol–water partition coefficient (Wildman–Crippen LogP) is 2.19. The van der Waals surface area contributed by atoms with Crippen LogP contribution < -0.4 is 0 Å². The van der Waals surface area contributed by atoms with Crippen molar-refractivity contribution >= 4 is 29.1 Å². The van der Waals surface area contributed by atoms with Crippen molar-refractivity contribution in [1.82, 2.24) is 4.98 Å². The molecule has 78 valence electrons. The molecule has 0 saturated carbocycles. The number of rotatable bonds is 4. The first-order chi connectivity index (χ1) is 7.19. The zero-order chi connectivity index (χ0) is 11.3. The van der Waals surface area contributed by atoms with E-state index in [1.54, 1.807) is 6.07 Å². The average molecular weight is 244 g/mol. The third-order valence-corrected chi connectivity index (χ3v) is 2.88. The predicted molar refractivity (Wildman–Crippen MR) is 57.1 cm³/mol. The second-order valence-electron chi connectivity index (χ2n) is 2.45. The Kier molecular flexibility index (Phi) is 4.34. The summed E-state index contributed by atoms with van der Waals surface area (Å²) in [7, 11) is 0. The van der Waals surface area contributed by atoms with Crippen LogP contribution in [0.25, 0.3) is 0 Å². The quantitative estimate of drug-likeness (QED) is 0.350. The Morgan fingerprint density at radius 3 is 3.00 bits per heavy atom. The van der Waals surface area contributed by atoms with E-state index in [1.165, 1.54) is 24.0 Å². The Hall–Kier alpha value is -1.32. The summed E-state index contributed by atoms with van der Waals surface area (Å²) >= 11 is 6.67. The summed E-state index contributed by atoms with van der Waals surface area (Å²) in [5, 5.41) is 19.5. The SMILES string of the molecule is N#Cc1cnc(SCCCl)c([N+](=O)[O-])c1. The van der Waals surface area contributed by atoms with Crippen LogP contribution in [0.1, 0.15) is 5.56 Å². The van der Waals surface area contributed by atoms with Crippen LogP contribution in [0, 0.1) is 21.4 Å². The van der Waals surface area contributed by atoms with E-state index in [0.29, 0.717) is 16.7 Å². The van der Waals surface area contributed by atoms with Crippen molar-refractivity contribution in [3.8, 4) is 6.07 Å². The van der Waals surface area contributed by atoms with Crippen molar-refractivity contribution in [3.05, 3.63) is 27.9 Å². The summed E-state index contributed by atoms with van der Waals surface area (Å²) in [4.78, 5) is 14.0. The van der Waals surface area contributed by atoms with E-state index in [4.69, 9.17) is 16.9 Å². The maximum atomic E-state index is 10.7. The number of hydrogen-bond donors (Lipinski definition) is 0. The first-order valence-corrected chi connectivity index (χ1v) is 5.44. The first kappa shape index (κ1) is 11.8. The minimum absolute atomic E-state index is 0.149. The molecule has 0 unspecified atom stereocenters. The van der Waals surface area contributed by atoms with Gasteiger partial charge in [0.25, 0.3) is 0 Å². The highest BCUT2D eigenvalue weighted by Crippen LogP contribution is 2.27. The summed E-state index contributed by atoms with van der Waals surface area (Å²) in [5.74, 6) is 0.935. The van der Waals surface area contributed by atoms with Crippen molar-refractivity contribution in [2.24, 2.45) is 0 Å². The summed E-state index contributed by atoms with van der Waals surface area (Å²) in [6, 6.07) is 3.02. The number of nitrogens with zero attached hydrogens (tertiary/aromatic N) is 3. The number of halogens is 1. The number of hydrogen-bond acceptors (Lipinski definition) is 5. The lowest BCUT2D eigenvalue weighted by atomic mass is 10.3. The van der Waals surface area contributed by atoms with Gasteiger partial charge < -0.3 is 0 Å². The third-order valence-electron chi connectivity index (χ3n) is 1.47. The smallest absolute Gasteiger partial charge is 0.258 e. The second-order valence-corrected chi connectivity index (χ2v) is 3.92. The van der Waals surface area contributed by atoms with Gasteiger partial charge in [-0.05, 0) is 0 Å². The van der Waals surface area contributed by atoms with Crippen LogP contribution in [-0.4, -0.2) is 21.5 Å². The van der Waals surface area contributed by atoms with Crippen molar-refractivity contribution in [2.75, 3.05) is 11.6 Å². The molecule has 1 rings (SSSR count). The van der Waals surface area contributed by atoms with Crippen LogP contribution in [-0.2, 0) is 0 Å². The van der Waals surface area contributed by atoms with E-state index in [-0.39, 0.29) is 11.3 Å². The number of nitro groups is 1. The molecule has 0 saturated heterocycles. The van der Waals surface area contributed by atoms with Gasteiger partial charge in [0.15, 0.2) is 5.03 Å². The highest BCUT2D eigenvalue weighted by molar-refractivity contribution is 7.99. The molecular weight excluding hydrogens is 238 g/mol. The number of nitriles is 1. The average Bonchev–Trinajstić information content (AvgIpc) is 2.26. The van der Waals surface area contributed by atoms with Crippen molar-refractivity contribution in [3.63, 3.8) is 0 Å². The van der Waals surface area contributed by atoms with Gasteiger partial charge in [-0.2, -0.15) is 5.26 Å². The van der Waals surface area contributed by atoms with Gasteiger partial charge in [0, 0.05) is 23.9 Å². The number of alkyl halides is 1. The summed E-state index contributed by atoms with van der Waals surface area (Å²) in [6.07, 6.45) is 1.31. The molecule has 0 fully saturated rings. The Labute approximate surface area is 95.2 Å². The highest BCUT2D eigenvalue weighted by atomic mass is 35.5. The number of pyridine rings is 1. The lowest BCUT2D eigenvalue weighted by molar-refractivity contribution is -0.388. The molecule has 0 aliphatic carbocycles. The van der Waals surface area contributed by atoms with Crippen LogP contribution in [0.15, 0.2) is 17.3 Å². The van der Waals surface area contributed by atoms with Gasteiger partial charge in [-0.1, -0.05) is 11.8 Å². The molecule has 15 heavy (non-hydrogen) atoms. The molecule has 0 aliphatic rings. The zero-order valence-electron chi connectivity index (χ0n) is 7.51. The Balaban J connectivity index is 3.05. The lowest BCUT2D eigenvalue weighted by Crippen LogP contribution is -1.95. The largest absolute Gasteiger partial charge is 0.302 e. The minimum Gasteiger partial charge on any atom is -0.258 e. The number of aromatic nitrogens is 1. The topological polar surface area (TPSA) is 79.8 Å². The van der Waals surface area contributed by atoms with Crippen LogP contribution in [0.3, 0.4) is 0 Å². The fraction of sp³-hybridized carbons (Fsp3) is 0.250. The maximum absolute atomic E-state index is 10.7. The molecule has 0 N–H and O–H groups in total. The molecule has 0 bridgehead atoms. The summed E-state index contributed by atoms with van der Waals surface area (Å²) in [5.41, 5.74) is 0.0288. The van der Waals surface area contributed by atoms with E-state index in [9.17, 15) is 10.1 Å². The molecule has 0 atom stereocenters. The lowest BCUT2D eigenvalue weighted by Gasteiger charge is -1.99. The molecular formula is C8H6ClN3O2S. The van der Waals surface area contributed by atoms with E-state index < -0.39 is 4.92 Å². The zero-order valence-corrected chi connectivity index (χ0v) is 9.09. The van der Waals surface area contributed by atoms with Gasteiger partial charge in [-0.25, -0.2) is 4.98 Å². The molecule has 1 aromatic heterocycles. The molecule has 0 spiro atoms. The van der Waals surface area contributed by atoms with Crippen molar-refractivity contribution in [1.29, 1.82) is 5.26 Å². The fourth-order valence-electron chi connectivity index (χ4n) is 0.879. The minimum atomic E-state index is -0.551. The van der Waals surface area contributed by atoms with E-state index in [0.717, 1.165) is 0 Å². The Morgan fingerprint density at radius 1 is 1.73 bits per heavy atom. The normalized spacial score (nSPS) is 9.60. The van der Waals surface area contributed by atoms with Crippen LogP contribution in [0.5, 0.6) is 0 Å². The molecule has 0 amide bonds. The molecule has 0 aliphatic heterocycles. The maximum Gasteiger partial charge on any atom is 0.302 e. The second kappa shape index (κ2) is 5.53. The van der Waals surface area contributed by atoms with Gasteiger partial charge in [0.05, 0.1) is 10.5 Å². The molecule has 5 nitrogen and oxygen atoms in total. The standard InChI is InChI=1S/C8H6ClN3O2S/c9-1-2-15-8-7(12(13)14)3-6(4-10)5-11-8/h3,5H,1-2H2. The van der Waals surface area contributed by atoms with Crippen molar-refractivity contribution in [2.45, 2.75) is 5.03 Å². The molecule has 7 heteroatoms. The molecule has 1 heterocycles. The fourth-order valence-corrected chi connectivity index (χ4v) is 1.79. The monoisotopic (exact) mass is 243 g/mol. The highest BCUT2D eigenvalue weighted by Gasteiger charge is 2.16. The van der Waals surface area contributed by atoms with Crippen molar-refractivity contribution < 1.29 is 4.92 Å². The molecule has 0 aromatic carbocycles. The third kappa shape index (κ3) is 3.08. The Morgan fingerprint density at radius 2 is 2.47 bits per heavy atom. The Bertz CT molecular complexity index is 419. The number of thioether (sulfide) groups is 1. The van der Waals surface area contributed by atoms with E-state index >= 15 is 0 Å². The summed E-state index contributed by atoms with van der Waals surface area (Å²) < 4.78 is 0. The summed E-state index contributed by atoms with van der Waals surface area (Å²) in [6.45, 7) is 0. The van der Waals surface area contributed by atoms with Gasteiger partial charge in [-0.3, -0.25) is 10.1 Å². The van der Waals surface area contributed by atoms with Gasteiger partial charge in [0.2, 0.25) is 0 Å². The van der Waals surface area contributed by atoms with Crippen LogP contribution >= 0.6 is 23.4 Å².